The molecule has 0 saturated carbocycles. The first-order valence-electron chi connectivity index (χ1n) is 1.07. The van der Waals surface area contributed by atoms with Gasteiger partial charge in [0.1, 0.15) is 0 Å². The molecule has 6 heteroatoms. The molecule has 4 N–H and O–H groups in total. The van der Waals surface area contributed by atoms with Crippen molar-refractivity contribution in [3.63, 3.8) is 0 Å². The Hall–Kier alpha value is -0.568. The molecule has 0 unspecified atom stereocenters. The van der Waals surface area contributed by atoms with E-state index >= 15 is 0 Å². The van der Waals surface area contributed by atoms with Gasteiger partial charge in [0.2, 0.25) is 0 Å². The number of carboxylic acids is 2. The average Bonchev–Trinajstić information content (AvgIpc) is 1.36. The molecule has 5 nitrogen and oxygen atoms in total. The molecule has 42 valence electrons. The molecule has 0 fully saturated rings. The Labute approximate surface area is 56.0 Å². The minimum Gasteiger partial charge on any atom is -0.543 e. The van der Waals surface area contributed by atoms with Gasteiger partial charge in [0.25, 0.3) is 0 Å². The monoisotopic (exact) mass is 133 g/mol. The molecule has 0 aromatic carbocycles. The van der Waals surface area contributed by atoms with E-state index in [-0.39, 0.29) is 23.5 Å². The number of hydrogen-bond acceptors (Lipinski definition) is 4. The molecule has 0 atom stereocenters. The zero-order valence-electron chi connectivity index (χ0n) is 4.21. The number of carbonyl (C=O) groups is 2. The molecule has 0 aliphatic heterocycles. The molecular weight excluding hydrogens is 129 g/mol. The predicted molar refractivity (Wildman–Crippen MR) is 21.8 cm³/mol. The van der Waals surface area contributed by atoms with Gasteiger partial charge < -0.3 is 26.0 Å². The molecule has 0 bridgehead atoms. The SMILES string of the molecule is O=C([O-])C(=O)[O-].[Al+3].[NH4+]. The van der Waals surface area contributed by atoms with E-state index in [1.54, 1.807) is 0 Å². The summed E-state index contributed by atoms with van der Waals surface area (Å²) in [5.41, 5.74) is 0. The van der Waals surface area contributed by atoms with Crippen molar-refractivity contribution in [1.29, 1.82) is 0 Å². The minimum absolute atomic E-state index is 0. The summed E-state index contributed by atoms with van der Waals surface area (Å²) in [5, 5.41) is 17.9. The number of hydrogen-bond donors (Lipinski definition) is 1. The van der Waals surface area contributed by atoms with Gasteiger partial charge in [0.05, 0.1) is 11.9 Å². The van der Waals surface area contributed by atoms with Crippen LogP contribution in [0.5, 0.6) is 0 Å². The number of carboxylic acid groups (broad SMARTS) is 2. The molecule has 0 aliphatic carbocycles. The van der Waals surface area contributed by atoms with Crippen molar-refractivity contribution >= 4 is 29.3 Å². The maximum atomic E-state index is 8.93. The largest absolute Gasteiger partial charge is 3.00 e. The van der Waals surface area contributed by atoms with E-state index in [9.17, 15) is 0 Å². The van der Waals surface area contributed by atoms with Crippen LogP contribution >= 0.6 is 0 Å². The van der Waals surface area contributed by atoms with Crippen LogP contribution in [0.2, 0.25) is 0 Å². The molecule has 0 aromatic heterocycles. The first kappa shape index (κ1) is 15.7. The molecular formula is C2H4AlNO4+2. The molecule has 0 rings (SSSR count). The van der Waals surface area contributed by atoms with Crippen LogP contribution in [0.3, 0.4) is 0 Å². The van der Waals surface area contributed by atoms with E-state index in [0.29, 0.717) is 0 Å². The second-order valence-electron chi connectivity index (χ2n) is 0.575. The molecule has 0 radical (unpaired) electrons. The quantitative estimate of drug-likeness (QED) is 0.272. The van der Waals surface area contributed by atoms with Gasteiger partial charge in [-0.15, -0.1) is 0 Å². The fraction of sp³-hybridized carbons (Fsp3) is 0. The Morgan fingerprint density at radius 1 is 1.00 bits per heavy atom. The fourth-order valence-electron chi connectivity index (χ4n) is 0. The number of carbonyl (C=O) groups excluding carboxylic acids is 2. The molecule has 0 heterocycles. The summed E-state index contributed by atoms with van der Waals surface area (Å²) in [4.78, 5) is 17.9. The van der Waals surface area contributed by atoms with Gasteiger partial charge in [-0.1, -0.05) is 0 Å². The van der Waals surface area contributed by atoms with Crippen LogP contribution in [0.1, 0.15) is 0 Å². The summed E-state index contributed by atoms with van der Waals surface area (Å²) in [6.45, 7) is 0. The Kier molecular flexibility index (Phi) is 12.6. The smallest absolute Gasteiger partial charge is 0.543 e. The first-order valence-corrected chi connectivity index (χ1v) is 1.07. The van der Waals surface area contributed by atoms with Crippen LogP contribution in [0.25, 0.3) is 0 Å². The second-order valence-corrected chi connectivity index (χ2v) is 0.575. The van der Waals surface area contributed by atoms with Crippen molar-refractivity contribution in [3.05, 3.63) is 0 Å². The third-order valence-electron chi connectivity index (χ3n) is 0.167. The summed E-state index contributed by atoms with van der Waals surface area (Å²) in [6.07, 6.45) is 0. The van der Waals surface area contributed by atoms with Gasteiger partial charge in [0.15, 0.2) is 0 Å². The number of quaternary nitrogens is 1. The van der Waals surface area contributed by atoms with E-state index in [1.807, 2.05) is 0 Å². The molecule has 0 spiro atoms. The Morgan fingerprint density at radius 3 is 1.12 bits per heavy atom. The molecule has 0 aliphatic rings. The first-order chi connectivity index (χ1) is 2.64. The van der Waals surface area contributed by atoms with Crippen LogP contribution in [-0.4, -0.2) is 29.3 Å². The summed E-state index contributed by atoms with van der Waals surface area (Å²) < 4.78 is 0. The van der Waals surface area contributed by atoms with Gasteiger partial charge in [-0.05, 0) is 0 Å². The van der Waals surface area contributed by atoms with Gasteiger partial charge in [-0.2, -0.15) is 0 Å². The van der Waals surface area contributed by atoms with Gasteiger partial charge >= 0.3 is 17.4 Å². The van der Waals surface area contributed by atoms with E-state index in [2.05, 4.69) is 0 Å². The second kappa shape index (κ2) is 6.43. The maximum Gasteiger partial charge on any atom is 3.00 e. The van der Waals surface area contributed by atoms with Gasteiger partial charge in [0, 0.05) is 0 Å². The summed E-state index contributed by atoms with van der Waals surface area (Å²) in [5.74, 6) is -4.37. The molecule has 8 heavy (non-hydrogen) atoms. The van der Waals surface area contributed by atoms with Crippen LogP contribution in [0.4, 0.5) is 0 Å². The van der Waals surface area contributed by atoms with Crippen LogP contribution in [0.15, 0.2) is 0 Å². The predicted octanol–water partition coefficient (Wildman–Crippen LogP) is -3.52. The molecule has 0 aromatic rings. The summed E-state index contributed by atoms with van der Waals surface area (Å²) in [7, 11) is 0. The fourth-order valence-corrected chi connectivity index (χ4v) is 0. The summed E-state index contributed by atoms with van der Waals surface area (Å²) >= 11 is 0. The van der Waals surface area contributed by atoms with Crippen LogP contribution in [0, 0.1) is 0 Å². The minimum atomic E-state index is -2.19. The topological polar surface area (TPSA) is 117 Å². The van der Waals surface area contributed by atoms with E-state index < -0.39 is 11.9 Å². The van der Waals surface area contributed by atoms with Crippen molar-refractivity contribution in [1.82, 2.24) is 6.15 Å². The van der Waals surface area contributed by atoms with E-state index in [0.717, 1.165) is 0 Å². The summed E-state index contributed by atoms with van der Waals surface area (Å²) in [6, 6.07) is 0. The number of rotatable bonds is 0. The van der Waals surface area contributed by atoms with E-state index in [1.165, 1.54) is 0 Å². The third-order valence-corrected chi connectivity index (χ3v) is 0.167. The molecule has 0 amide bonds. The van der Waals surface area contributed by atoms with Gasteiger partial charge in [-0.25, -0.2) is 0 Å². The molecule has 0 saturated heterocycles. The van der Waals surface area contributed by atoms with E-state index in [4.69, 9.17) is 19.8 Å². The normalized spacial score (nSPS) is 5.50. The van der Waals surface area contributed by atoms with Crippen molar-refractivity contribution in [3.8, 4) is 0 Å². The zero-order valence-corrected chi connectivity index (χ0v) is 5.37. The Balaban J connectivity index is -0.000000125. The average molecular weight is 133 g/mol. The third kappa shape index (κ3) is 9.06. The number of aliphatic carboxylic acids is 2. The van der Waals surface area contributed by atoms with Crippen molar-refractivity contribution in [2.75, 3.05) is 0 Å². The zero-order chi connectivity index (χ0) is 5.15. The van der Waals surface area contributed by atoms with Crippen molar-refractivity contribution in [2.24, 2.45) is 0 Å². The van der Waals surface area contributed by atoms with Crippen LogP contribution < -0.4 is 16.4 Å². The standard InChI is InChI=1S/C2H2O4.Al.H3N/c3-1(4)2(5)6;;/h(H,3,4)(H,5,6);;1H3/q;+3;/p-1. The van der Waals surface area contributed by atoms with Crippen LogP contribution in [-0.2, 0) is 9.59 Å². The van der Waals surface area contributed by atoms with Gasteiger partial charge in [-0.3, -0.25) is 0 Å². The maximum absolute atomic E-state index is 8.93. The van der Waals surface area contributed by atoms with Crippen molar-refractivity contribution in [2.45, 2.75) is 0 Å². The van der Waals surface area contributed by atoms with Crippen molar-refractivity contribution < 1.29 is 19.8 Å². The Morgan fingerprint density at radius 2 is 1.12 bits per heavy atom. The Bertz CT molecular complexity index is 80.0.